The van der Waals surface area contributed by atoms with Gasteiger partial charge in [-0.3, -0.25) is 9.59 Å². The lowest BCUT2D eigenvalue weighted by atomic mass is 9.84. The molecular formula is C18H26O4. The number of allylic oxidation sites excluding steroid dienone is 3. The minimum Gasteiger partial charge on any atom is -0.465 e. The number of carbonyl (C=O) groups excluding carboxylic acids is 2. The maximum atomic E-state index is 12.1. The second-order valence-electron chi connectivity index (χ2n) is 5.33. The van der Waals surface area contributed by atoms with Crippen molar-refractivity contribution in [1.82, 2.24) is 0 Å². The predicted molar refractivity (Wildman–Crippen MR) is 86.1 cm³/mol. The Morgan fingerprint density at radius 1 is 1.05 bits per heavy atom. The van der Waals surface area contributed by atoms with Crippen LogP contribution in [0.4, 0.5) is 0 Å². The van der Waals surface area contributed by atoms with Gasteiger partial charge >= 0.3 is 11.9 Å². The van der Waals surface area contributed by atoms with Gasteiger partial charge in [0.1, 0.15) is 0 Å². The van der Waals surface area contributed by atoms with Crippen LogP contribution in [-0.4, -0.2) is 25.2 Å². The number of hydrogen-bond acceptors (Lipinski definition) is 4. The third-order valence-electron chi connectivity index (χ3n) is 3.59. The first-order valence-electron chi connectivity index (χ1n) is 7.92. The molecule has 4 nitrogen and oxygen atoms in total. The lowest BCUT2D eigenvalue weighted by Gasteiger charge is -2.24. The fourth-order valence-electron chi connectivity index (χ4n) is 2.34. The summed E-state index contributed by atoms with van der Waals surface area (Å²) >= 11 is 0. The van der Waals surface area contributed by atoms with E-state index in [0.29, 0.717) is 19.6 Å². The molecule has 0 radical (unpaired) electrons. The first kappa shape index (κ1) is 18.2. The zero-order valence-electron chi connectivity index (χ0n) is 13.2. The molecule has 2 unspecified atom stereocenters. The summed E-state index contributed by atoms with van der Waals surface area (Å²) in [6.07, 6.45) is 11.8. The molecule has 0 aromatic carbocycles. The zero-order chi connectivity index (χ0) is 16.2. The van der Waals surface area contributed by atoms with Gasteiger partial charge in [0, 0.05) is 0 Å². The van der Waals surface area contributed by atoms with Crippen LogP contribution in [0.25, 0.3) is 0 Å². The molecule has 22 heavy (non-hydrogen) atoms. The molecule has 0 saturated carbocycles. The molecule has 1 rings (SSSR count). The van der Waals surface area contributed by atoms with E-state index in [1.54, 1.807) is 18.2 Å². The van der Waals surface area contributed by atoms with Crippen molar-refractivity contribution in [2.75, 3.05) is 13.2 Å². The molecule has 0 saturated heterocycles. The van der Waals surface area contributed by atoms with Crippen molar-refractivity contribution < 1.29 is 19.1 Å². The lowest BCUT2D eigenvalue weighted by molar-refractivity contribution is -0.159. The molecule has 0 N–H and O–H groups in total. The van der Waals surface area contributed by atoms with Gasteiger partial charge in [-0.1, -0.05) is 24.3 Å². The smallest absolute Gasteiger partial charge is 0.313 e. The summed E-state index contributed by atoms with van der Waals surface area (Å²) in [4.78, 5) is 24.3. The Kier molecular flexibility index (Phi) is 8.96. The number of rotatable bonds is 10. The molecule has 0 aromatic heterocycles. The summed E-state index contributed by atoms with van der Waals surface area (Å²) in [5, 5.41) is 0. The van der Waals surface area contributed by atoms with Crippen molar-refractivity contribution in [3.8, 4) is 0 Å². The van der Waals surface area contributed by atoms with Crippen molar-refractivity contribution >= 4 is 11.9 Å². The molecule has 0 aromatic rings. The van der Waals surface area contributed by atoms with Gasteiger partial charge in [-0.05, 0) is 38.5 Å². The lowest BCUT2D eigenvalue weighted by Crippen LogP contribution is -2.33. The van der Waals surface area contributed by atoms with Crippen LogP contribution in [0.1, 0.15) is 38.5 Å². The molecule has 122 valence electrons. The van der Waals surface area contributed by atoms with Gasteiger partial charge in [0.25, 0.3) is 0 Å². The van der Waals surface area contributed by atoms with E-state index >= 15 is 0 Å². The van der Waals surface area contributed by atoms with E-state index in [2.05, 4.69) is 13.2 Å². The second-order valence-corrected chi connectivity index (χ2v) is 5.33. The molecule has 1 aliphatic rings. The minimum absolute atomic E-state index is 0.304. The Hall–Kier alpha value is -1.84. The summed E-state index contributed by atoms with van der Waals surface area (Å²) in [7, 11) is 0. The molecular weight excluding hydrogens is 280 g/mol. The standard InChI is InChI=1S/C18H26O4/c1-3-5-9-13-21-17(19)15-11-7-8-12-16(15)18(20)22-14-10-6-4-2/h3-4,7,11,15-16H,1-2,5-6,8-10,12-14H2. The molecule has 0 heterocycles. The Labute approximate surface area is 132 Å². The number of unbranched alkanes of at least 4 members (excludes halogenated alkanes) is 2. The van der Waals surface area contributed by atoms with Crippen molar-refractivity contribution in [3.63, 3.8) is 0 Å². The van der Waals surface area contributed by atoms with Crippen LogP contribution in [0.2, 0.25) is 0 Å². The second kappa shape index (κ2) is 10.8. The zero-order valence-corrected chi connectivity index (χ0v) is 13.2. The topological polar surface area (TPSA) is 52.6 Å². The van der Waals surface area contributed by atoms with Crippen LogP contribution < -0.4 is 0 Å². The first-order chi connectivity index (χ1) is 10.7. The summed E-state index contributed by atoms with van der Waals surface area (Å²) in [6, 6.07) is 0. The summed E-state index contributed by atoms with van der Waals surface area (Å²) in [6.45, 7) is 7.98. The highest BCUT2D eigenvalue weighted by Gasteiger charge is 2.35. The first-order valence-corrected chi connectivity index (χ1v) is 7.92. The predicted octanol–water partition coefficient (Wildman–Crippen LogP) is 3.59. The van der Waals surface area contributed by atoms with E-state index in [9.17, 15) is 9.59 Å². The summed E-state index contributed by atoms with van der Waals surface area (Å²) in [5.74, 6) is -1.60. The fraction of sp³-hybridized carbons (Fsp3) is 0.556. The van der Waals surface area contributed by atoms with Gasteiger partial charge in [-0.2, -0.15) is 0 Å². The average molecular weight is 306 g/mol. The molecule has 0 spiro atoms. The Morgan fingerprint density at radius 2 is 1.64 bits per heavy atom. The van der Waals surface area contributed by atoms with Gasteiger partial charge in [-0.15, -0.1) is 13.2 Å². The van der Waals surface area contributed by atoms with Gasteiger partial charge in [0.15, 0.2) is 0 Å². The Morgan fingerprint density at radius 3 is 2.23 bits per heavy atom. The van der Waals surface area contributed by atoms with Gasteiger partial charge in [0.05, 0.1) is 25.0 Å². The monoisotopic (exact) mass is 306 g/mol. The summed E-state index contributed by atoms with van der Waals surface area (Å²) < 4.78 is 10.5. The summed E-state index contributed by atoms with van der Waals surface area (Å²) in [5.41, 5.74) is 0. The van der Waals surface area contributed by atoms with Crippen LogP contribution in [0.3, 0.4) is 0 Å². The van der Waals surface area contributed by atoms with E-state index in [4.69, 9.17) is 9.47 Å². The van der Waals surface area contributed by atoms with Crippen LogP contribution >= 0.6 is 0 Å². The SMILES string of the molecule is C=CCCCOC(=O)C1C=CCCC1C(=O)OCCCC=C. The normalized spacial score (nSPS) is 20.2. The van der Waals surface area contributed by atoms with Crippen LogP contribution in [0.5, 0.6) is 0 Å². The molecule has 0 fully saturated rings. The maximum Gasteiger partial charge on any atom is 0.313 e. The van der Waals surface area contributed by atoms with Crippen LogP contribution in [0, 0.1) is 11.8 Å². The van der Waals surface area contributed by atoms with E-state index in [-0.39, 0.29) is 11.9 Å². The Bertz CT molecular complexity index is 411. The fourth-order valence-corrected chi connectivity index (χ4v) is 2.34. The highest BCUT2D eigenvalue weighted by molar-refractivity contribution is 5.83. The number of ether oxygens (including phenoxy) is 2. The third-order valence-corrected chi connectivity index (χ3v) is 3.59. The van der Waals surface area contributed by atoms with Crippen molar-refractivity contribution in [2.45, 2.75) is 38.5 Å². The van der Waals surface area contributed by atoms with Gasteiger partial charge < -0.3 is 9.47 Å². The van der Waals surface area contributed by atoms with Crippen LogP contribution in [-0.2, 0) is 19.1 Å². The molecule has 1 aliphatic carbocycles. The van der Waals surface area contributed by atoms with Gasteiger partial charge in [0.2, 0.25) is 0 Å². The van der Waals surface area contributed by atoms with Crippen molar-refractivity contribution in [3.05, 3.63) is 37.5 Å². The molecule has 0 bridgehead atoms. The van der Waals surface area contributed by atoms with Crippen LogP contribution in [0.15, 0.2) is 37.5 Å². The quantitative estimate of drug-likeness (QED) is 0.351. The average Bonchev–Trinajstić information content (AvgIpc) is 2.55. The van der Waals surface area contributed by atoms with E-state index in [1.165, 1.54) is 0 Å². The maximum absolute atomic E-state index is 12.1. The van der Waals surface area contributed by atoms with E-state index < -0.39 is 11.8 Å². The van der Waals surface area contributed by atoms with E-state index in [0.717, 1.165) is 32.1 Å². The van der Waals surface area contributed by atoms with Crippen molar-refractivity contribution in [1.29, 1.82) is 0 Å². The number of esters is 2. The molecule has 2 atom stereocenters. The number of carbonyl (C=O) groups is 2. The molecule has 0 amide bonds. The Balaban J connectivity index is 2.47. The highest BCUT2D eigenvalue weighted by atomic mass is 16.5. The molecule has 4 heteroatoms. The largest absolute Gasteiger partial charge is 0.465 e. The highest BCUT2D eigenvalue weighted by Crippen LogP contribution is 2.27. The number of hydrogen-bond donors (Lipinski definition) is 0. The van der Waals surface area contributed by atoms with E-state index in [1.807, 2.05) is 6.08 Å². The third kappa shape index (κ3) is 6.29. The van der Waals surface area contributed by atoms with Crippen molar-refractivity contribution in [2.24, 2.45) is 11.8 Å². The molecule has 0 aliphatic heterocycles. The minimum atomic E-state index is -0.524. The van der Waals surface area contributed by atoms with Gasteiger partial charge in [-0.25, -0.2) is 0 Å².